The Hall–Kier alpha value is -4.07. The first-order valence-corrected chi connectivity index (χ1v) is 10.2. The van der Waals surface area contributed by atoms with Gasteiger partial charge >= 0.3 is 0 Å². The van der Waals surface area contributed by atoms with E-state index in [1.54, 1.807) is 47.4 Å². The number of anilines is 1. The van der Waals surface area contributed by atoms with Crippen molar-refractivity contribution in [1.29, 1.82) is 0 Å². The Morgan fingerprint density at radius 3 is 1.97 bits per heavy atom. The van der Waals surface area contributed by atoms with Gasteiger partial charge in [0.2, 0.25) is 11.9 Å². The highest BCUT2D eigenvalue weighted by molar-refractivity contribution is 6.05. The van der Waals surface area contributed by atoms with Crippen LogP contribution in [0.4, 0.5) is 5.69 Å². The molecule has 3 aromatic carbocycles. The van der Waals surface area contributed by atoms with Crippen LogP contribution in [-0.2, 0) is 4.79 Å². The van der Waals surface area contributed by atoms with Gasteiger partial charge in [-0.2, -0.15) is 0 Å². The molecule has 1 heterocycles. The van der Waals surface area contributed by atoms with Crippen LogP contribution in [0.2, 0.25) is 0 Å². The molecular formula is C25H25NO7. The van der Waals surface area contributed by atoms with Crippen molar-refractivity contribution in [2.24, 2.45) is 0 Å². The summed E-state index contributed by atoms with van der Waals surface area (Å²) in [4.78, 5) is 14.9. The Morgan fingerprint density at radius 2 is 1.42 bits per heavy atom. The lowest BCUT2D eigenvalue weighted by Crippen LogP contribution is -2.61. The normalized spacial score (nSPS) is 17.2. The van der Waals surface area contributed by atoms with Crippen molar-refractivity contribution in [2.45, 2.75) is 12.1 Å². The summed E-state index contributed by atoms with van der Waals surface area (Å²) in [7, 11) is 6.02. The number of aromatic hydroxyl groups is 1. The second kappa shape index (κ2) is 9.20. The van der Waals surface area contributed by atoms with Gasteiger partial charge in [-0.25, -0.2) is 0 Å². The zero-order valence-corrected chi connectivity index (χ0v) is 18.8. The minimum absolute atomic E-state index is 0.0300. The number of hydrogen-bond acceptors (Lipinski definition) is 7. The number of β-lactam (4-membered cyclic amide) rings is 1. The lowest BCUT2D eigenvalue weighted by molar-refractivity contribution is -0.135. The third-order valence-corrected chi connectivity index (χ3v) is 5.52. The highest BCUT2D eigenvalue weighted by Gasteiger charge is 2.51. The first kappa shape index (κ1) is 22.1. The quantitative estimate of drug-likeness (QED) is 0.519. The molecule has 3 aromatic rings. The minimum Gasteiger partial charge on any atom is -0.504 e. The van der Waals surface area contributed by atoms with Gasteiger partial charge in [-0.3, -0.25) is 9.69 Å². The van der Waals surface area contributed by atoms with Gasteiger partial charge in [0.15, 0.2) is 23.0 Å². The molecule has 172 valence electrons. The van der Waals surface area contributed by atoms with Crippen LogP contribution in [0.15, 0.2) is 60.7 Å². The number of amides is 1. The van der Waals surface area contributed by atoms with E-state index in [1.165, 1.54) is 28.4 Å². The number of phenolic OH excluding ortho intramolecular Hbond substituents is 1. The molecule has 8 nitrogen and oxygen atoms in total. The lowest BCUT2D eigenvalue weighted by Gasteiger charge is -2.46. The molecule has 8 heteroatoms. The number of carbonyl (C=O) groups excluding carboxylic acids is 1. The first-order valence-electron chi connectivity index (χ1n) is 10.2. The topological polar surface area (TPSA) is 86.7 Å². The predicted octanol–water partition coefficient (Wildman–Crippen LogP) is 3.96. The molecule has 1 aliphatic rings. The summed E-state index contributed by atoms with van der Waals surface area (Å²) in [6, 6.07) is 17.0. The molecule has 0 aromatic heterocycles. The van der Waals surface area contributed by atoms with Crippen LogP contribution in [0.3, 0.4) is 0 Å². The van der Waals surface area contributed by atoms with E-state index in [2.05, 4.69) is 0 Å². The summed E-state index contributed by atoms with van der Waals surface area (Å²) in [6.07, 6.45) is -0.792. The number of carbonyl (C=O) groups is 1. The average Bonchev–Trinajstić information content (AvgIpc) is 2.85. The van der Waals surface area contributed by atoms with Crippen molar-refractivity contribution < 1.29 is 33.6 Å². The molecule has 2 atom stereocenters. The SMILES string of the molecule is COc1ccc([C@@H]2[C@@H](Oc3ccccc3)C(=O)N2c2cc(OC)c(OC)c(OC)c2)cc1O. The van der Waals surface area contributed by atoms with E-state index in [0.717, 1.165) is 0 Å². The molecule has 0 aliphatic carbocycles. The molecule has 33 heavy (non-hydrogen) atoms. The van der Waals surface area contributed by atoms with Crippen molar-refractivity contribution in [3.05, 3.63) is 66.2 Å². The largest absolute Gasteiger partial charge is 0.504 e. The Balaban J connectivity index is 1.78. The predicted molar refractivity (Wildman–Crippen MR) is 122 cm³/mol. The standard InChI is InChI=1S/C25H25NO7/c1-29-19-11-10-15(12-18(19)27)22-24(33-17-8-6-5-7-9-17)25(28)26(22)16-13-20(30-2)23(32-4)21(14-16)31-3/h5-14,22,24,27H,1-4H3/t22-,24-/m1/s1. The summed E-state index contributed by atoms with van der Waals surface area (Å²) in [6.45, 7) is 0. The van der Waals surface area contributed by atoms with E-state index in [0.29, 0.717) is 40.0 Å². The Bertz CT molecular complexity index is 1120. The van der Waals surface area contributed by atoms with Crippen LogP contribution in [-0.4, -0.2) is 45.6 Å². The highest BCUT2D eigenvalue weighted by atomic mass is 16.5. The summed E-state index contributed by atoms with van der Waals surface area (Å²) < 4.78 is 27.5. The molecule has 1 fully saturated rings. The molecule has 0 saturated carbocycles. The third-order valence-electron chi connectivity index (χ3n) is 5.52. The summed E-state index contributed by atoms with van der Waals surface area (Å²) in [5.41, 5.74) is 1.23. The fourth-order valence-corrected chi connectivity index (χ4v) is 3.93. The number of para-hydroxylation sites is 1. The summed E-state index contributed by atoms with van der Waals surface area (Å²) in [5.74, 6) is 1.90. The van der Waals surface area contributed by atoms with Crippen molar-refractivity contribution in [3.63, 3.8) is 0 Å². The Morgan fingerprint density at radius 1 is 0.788 bits per heavy atom. The molecule has 1 aliphatic heterocycles. The molecule has 0 radical (unpaired) electrons. The van der Waals surface area contributed by atoms with E-state index in [-0.39, 0.29) is 11.7 Å². The van der Waals surface area contributed by atoms with E-state index in [4.69, 9.17) is 23.7 Å². The highest BCUT2D eigenvalue weighted by Crippen LogP contribution is 2.48. The van der Waals surface area contributed by atoms with Gasteiger partial charge in [0.1, 0.15) is 11.8 Å². The summed E-state index contributed by atoms with van der Waals surface area (Å²) in [5, 5.41) is 10.4. The maximum Gasteiger partial charge on any atom is 0.271 e. The van der Waals surface area contributed by atoms with Crippen LogP contribution >= 0.6 is 0 Å². The van der Waals surface area contributed by atoms with Crippen LogP contribution < -0.4 is 28.6 Å². The van der Waals surface area contributed by atoms with Crippen LogP contribution in [0.5, 0.6) is 34.5 Å². The number of nitrogens with zero attached hydrogens (tertiary/aromatic N) is 1. The van der Waals surface area contributed by atoms with E-state index < -0.39 is 12.1 Å². The average molecular weight is 451 g/mol. The number of rotatable bonds is 8. The second-order valence-electron chi connectivity index (χ2n) is 7.32. The van der Waals surface area contributed by atoms with E-state index >= 15 is 0 Å². The van der Waals surface area contributed by atoms with Gasteiger partial charge < -0.3 is 28.8 Å². The molecule has 1 N–H and O–H groups in total. The molecule has 0 unspecified atom stereocenters. The van der Waals surface area contributed by atoms with Crippen molar-refractivity contribution in [3.8, 4) is 34.5 Å². The smallest absolute Gasteiger partial charge is 0.271 e. The van der Waals surface area contributed by atoms with Crippen molar-refractivity contribution in [1.82, 2.24) is 0 Å². The van der Waals surface area contributed by atoms with Gasteiger partial charge in [-0.05, 0) is 29.8 Å². The van der Waals surface area contributed by atoms with Crippen LogP contribution in [0.1, 0.15) is 11.6 Å². The maximum absolute atomic E-state index is 13.3. The molecule has 1 amide bonds. The van der Waals surface area contributed by atoms with Crippen LogP contribution in [0.25, 0.3) is 0 Å². The number of benzene rings is 3. The fourth-order valence-electron chi connectivity index (χ4n) is 3.93. The van der Waals surface area contributed by atoms with Crippen molar-refractivity contribution >= 4 is 11.6 Å². The number of hydrogen-bond donors (Lipinski definition) is 1. The zero-order chi connectivity index (χ0) is 23.5. The Labute approximate surface area is 191 Å². The maximum atomic E-state index is 13.3. The van der Waals surface area contributed by atoms with Gasteiger partial charge in [0, 0.05) is 12.1 Å². The van der Waals surface area contributed by atoms with Gasteiger partial charge in [-0.1, -0.05) is 24.3 Å². The molecule has 0 spiro atoms. The van der Waals surface area contributed by atoms with E-state index in [9.17, 15) is 9.90 Å². The van der Waals surface area contributed by atoms with E-state index in [1.807, 2.05) is 18.2 Å². The van der Waals surface area contributed by atoms with Crippen LogP contribution in [0, 0.1) is 0 Å². The van der Waals surface area contributed by atoms with Gasteiger partial charge in [0.05, 0.1) is 34.1 Å². The fraction of sp³-hybridized carbons (Fsp3) is 0.240. The number of ether oxygens (including phenoxy) is 5. The molecule has 4 rings (SSSR count). The lowest BCUT2D eigenvalue weighted by atomic mass is 9.89. The zero-order valence-electron chi connectivity index (χ0n) is 18.8. The monoisotopic (exact) mass is 451 g/mol. The first-order chi connectivity index (χ1) is 16.0. The number of phenols is 1. The summed E-state index contributed by atoms with van der Waals surface area (Å²) >= 11 is 0. The minimum atomic E-state index is -0.792. The Kier molecular flexibility index (Phi) is 6.17. The second-order valence-corrected chi connectivity index (χ2v) is 7.32. The van der Waals surface area contributed by atoms with Gasteiger partial charge in [-0.15, -0.1) is 0 Å². The number of methoxy groups -OCH3 is 4. The van der Waals surface area contributed by atoms with Gasteiger partial charge in [0.25, 0.3) is 5.91 Å². The van der Waals surface area contributed by atoms with Crippen molar-refractivity contribution in [2.75, 3.05) is 33.3 Å². The molecule has 1 saturated heterocycles. The molecular weight excluding hydrogens is 426 g/mol. The molecule has 0 bridgehead atoms. The third kappa shape index (κ3) is 3.95.